The standard InChI is InChI=1S/C8H17NO2S/c1-5-9(8(10)11)12-7(4)6(2)3/h6-7H,5H2,1-4H3,(H,10,11). The Morgan fingerprint density at radius 3 is 2.25 bits per heavy atom. The third-order valence-corrected chi connectivity index (χ3v) is 3.28. The maximum atomic E-state index is 10.6. The molecule has 1 unspecified atom stereocenters. The van der Waals surface area contributed by atoms with Crippen molar-refractivity contribution in [2.24, 2.45) is 5.92 Å². The van der Waals surface area contributed by atoms with Crippen LogP contribution in [-0.4, -0.2) is 27.3 Å². The number of rotatable bonds is 4. The predicted octanol–water partition coefficient (Wildman–Crippen LogP) is 2.68. The van der Waals surface area contributed by atoms with Crippen LogP contribution in [0.5, 0.6) is 0 Å². The number of hydrogen-bond donors (Lipinski definition) is 1. The molecule has 0 aliphatic rings. The molecule has 0 aromatic rings. The molecule has 0 saturated carbocycles. The van der Waals surface area contributed by atoms with Crippen LogP contribution in [0.1, 0.15) is 27.7 Å². The lowest BCUT2D eigenvalue weighted by Crippen LogP contribution is -2.25. The zero-order valence-electron chi connectivity index (χ0n) is 8.07. The molecule has 0 aromatic heterocycles. The van der Waals surface area contributed by atoms with Gasteiger partial charge >= 0.3 is 6.09 Å². The number of carbonyl (C=O) groups is 1. The van der Waals surface area contributed by atoms with Gasteiger partial charge in [0.25, 0.3) is 0 Å². The van der Waals surface area contributed by atoms with Crippen LogP contribution in [0.4, 0.5) is 4.79 Å². The highest BCUT2D eigenvalue weighted by atomic mass is 32.2. The van der Waals surface area contributed by atoms with Gasteiger partial charge in [0.2, 0.25) is 0 Å². The van der Waals surface area contributed by atoms with Crippen molar-refractivity contribution >= 4 is 18.0 Å². The van der Waals surface area contributed by atoms with E-state index in [2.05, 4.69) is 13.8 Å². The molecule has 0 rings (SSSR count). The monoisotopic (exact) mass is 191 g/mol. The number of amides is 1. The van der Waals surface area contributed by atoms with Gasteiger partial charge in [0.05, 0.1) is 0 Å². The largest absolute Gasteiger partial charge is 0.464 e. The second-order valence-electron chi connectivity index (χ2n) is 3.03. The van der Waals surface area contributed by atoms with Gasteiger partial charge in [0.1, 0.15) is 0 Å². The maximum Gasteiger partial charge on any atom is 0.417 e. The van der Waals surface area contributed by atoms with E-state index < -0.39 is 6.09 Å². The minimum Gasteiger partial charge on any atom is -0.464 e. The molecule has 72 valence electrons. The van der Waals surface area contributed by atoms with E-state index in [0.717, 1.165) is 0 Å². The molecular weight excluding hydrogens is 174 g/mol. The van der Waals surface area contributed by atoms with E-state index in [9.17, 15) is 4.79 Å². The third-order valence-electron chi connectivity index (χ3n) is 1.73. The molecule has 1 N–H and O–H groups in total. The molecule has 0 aliphatic heterocycles. The first-order chi connectivity index (χ1) is 5.49. The Kier molecular flexibility index (Phi) is 5.13. The van der Waals surface area contributed by atoms with Crippen LogP contribution in [-0.2, 0) is 0 Å². The van der Waals surface area contributed by atoms with Gasteiger partial charge in [-0.05, 0) is 24.8 Å². The van der Waals surface area contributed by atoms with Crippen LogP contribution < -0.4 is 0 Å². The summed E-state index contributed by atoms with van der Waals surface area (Å²) in [4.78, 5) is 10.6. The van der Waals surface area contributed by atoms with E-state index in [-0.39, 0.29) is 0 Å². The van der Waals surface area contributed by atoms with E-state index in [4.69, 9.17) is 5.11 Å². The fraction of sp³-hybridized carbons (Fsp3) is 0.875. The van der Waals surface area contributed by atoms with Gasteiger partial charge in [-0.1, -0.05) is 20.8 Å². The molecule has 4 heteroatoms. The Morgan fingerprint density at radius 1 is 1.50 bits per heavy atom. The SMILES string of the molecule is CCN(SC(C)C(C)C)C(=O)O. The number of carboxylic acid groups (broad SMARTS) is 1. The van der Waals surface area contributed by atoms with Crippen LogP contribution >= 0.6 is 11.9 Å². The highest BCUT2D eigenvalue weighted by Gasteiger charge is 2.16. The highest BCUT2D eigenvalue weighted by molar-refractivity contribution is 7.98. The molecule has 0 radical (unpaired) electrons. The van der Waals surface area contributed by atoms with Crippen LogP contribution in [0, 0.1) is 5.92 Å². The Labute approximate surface area is 78.3 Å². The minimum absolute atomic E-state index is 0.348. The van der Waals surface area contributed by atoms with E-state index in [1.165, 1.54) is 16.3 Å². The van der Waals surface area contributed by atoms with Crippen LogP contribution in [0.25, 0.3) is 0 Å². The fourth-order valence-corrected chi connectivity index (χ4v) is 1.46. The van der Waals surface area contributed by atoms with Crippen LogP contribution in [0.2, 0.25) is 0 Å². The maximum absolute atomic E-state index is 10.6. The summed E-state index contributed by atoms with van der Waals surface area (Å²) in [5.41, 5.74) is 0. The summed E-state index contributed by atoms with van der Waals surface area (Å²) in [7, 11) is 0. The summed E-state index contributed by atoms with van der Waals surface area (Å²) in [6, 6.07) is 0. The third kappa shape index (κ3) is 3.85. The molecule has 1 atom stereocenters. The summed E-state index contributed by atoms with van der Waals surface area (Å²) in [5.74, 6) is 0.503. The normalized spacial score (nSPS) is 13.1. The lowest BCUT2D eigenvalue weighted by Gasteiger charge is -2.22. The fourth-order valence-electron chi connectivity index (χ4n) is 0.577. The average Bonchev–Trinajstić information content (AvgIpc) is 1.98. The summed E-state index contributed by atoms with van der Waals surface area (Å²) < 4.78 is 1.37. The Hall–Kier alpha value is -0.380. The van der Waals surface area contributed by atoms with Gasteiger partial charge < -0.3 is 5.11 Å². The molecule has 12 heavy (non-hydrogen) atoms. The second-order valence-corrected chi connectivity index (χ2v) is 4.43. The second kappa shape index (κ2) is 5.30. The lowest BCUT2D eigenvalue weighted by atomic mass is 10.2. The van der Waals surface area contributed by atoms with E-state index in [1.807, 2.05) is 13.8 Å². The van der Waals surface area contributed by atoms with Gasteiger partial charge in [0, 0.05) is 11.8 Å². The Balaban J connectivity index is 3.94. The van der Waals surface area contributed by atoms with Crippen LogP contribution in [0.3, 0.4) is 0 Å². The van der Waals surface area contributed by atoms with Gasteiger partial charge in [-0.3, -0.25) is 4.31 Å². The van der Waals surface area contributed by atoms with Gasteiger partial charge in [-0.15, -0.1) is 0 Å². The molecular formula is C8H17NO2S. The first-order valence-electron chi connectivity index (χ1n) is 4.16. The summed E-state index contributed by atoms with van der Waals surface area (Å²) in [5, 5.41) is 9.06. The van der Waals surface area contributed by atoms with Gasteiger partial charge in [-0.2, -0.15) is 0 Å². The molecule has 0 heterocycles. The van der Waals surface area contributed by atoms with Crippen molar-refractivity contribution in [2.75, 3.05) is 6.54 Å². The molecule has 0 saturated heterocycles. The lowest BCUT2D eigenvalue weighted by molar-refractivity contribution is 0.176. The topological polar surface area (TPSA) is 40.5 Å². The Morgan fingerprint density at radius 2 is 2.00 bits per heavy atom. The first kappa shape index (κ1) is 11.6. The van der Waals surface area contributed by atoms with Crippen LogP contribution in [0.15, 0.2) is 0 Å². The smallest absolute Gasteiger partial charge is 0.417 e. The number of hydrogen-bond acceptors (Lipinski definition) is 2. The summed E-state index contributed by atoms with van der Waals surface area (Å²) >= 11 is 1.39. The highest BCUT2D eigenvalue weighted by Crippen LogP contribution is 2.22. The molecule has 3 nitrogen and oxygen atoms in total. The molecule has 0 fully saturated rings. The average molecular weight is 191 g/mol. The van der Waals surface area contributed by atoms with Crippen molar-refractivity contribution in [1.29, 1.82) is 0 Å². The zero-order valence-corrected chi connectivity index (χ0v) is 8.89. The quantitative estimate of drug-likeness (QED) is 0.694. The summed E-state index contributed by atoms with van der Waals surface area (Å²) in [6.07, 6.45) is -0.852. The van der Waals surface area contributed by atoms with Crippen molar-refractivity contribution < 1.29 is 9.90 Å². The van der Waals surface area contributed by atoms with Gasteiger partial charge in [0.15, 0.2) is 0 Å². The number of nitrogens with zero attached hydrogens (tertiary/aromatic N) is 1. The van der Waals surface area contributed by atoms with Crippen molar-refractivity contribution in [1.82, 2.24) is 4.31 Å². The van der Waals surface area contributed by atoms with E-state index in [1.54, 1.807) is 0 Å². The first-order valence-corrected chi connectivity index (χ1v) is 4.99. The van der Waals surface area contributed by atoms with Gasteiger partial charge in [-0.25, -0.2) is 4.79 Å². The van der Waals surface area contributed by atoms with Crippen molar-refractivity contribution in [2.45, 2.75) is 32.9 Å². The van der Waals surface area contributed by atoms with E-state index in [0.29, 0.717) is 17.7 Å². The zero-order chi connectivity index (χ0) is 9.72. The Bertz CT molecular complexity index is 150. The molecule has 0 aromatic carbocycles. The van der Waals surface area contributed by atoms with E-state index >= 15 is 0 Å². The van der Waals surface area contributed by atoms with Crippen molar-refractivity contribution in [3.63, 3.8) is 0 Å². The predicted molar refractivity (Wildman–Crippen MR) is 52.3 cm³/mol. The molecule has 0 bridgehead atoms. The summed E-state index contributed by atoms with van der Waals surface area (Å²) in [6.45, 7) is 8.60. The minimum atomic E-state index is -0.852. The molecule has 1 amide bonds. The molecule has 0 aliphatic carbocycles. The van der Waals surface area contributed by atoms with Crippen molar-refractivity contribution in [3.8, 4) is 0 Å². The van der Waals surface area contributed by atoms with Crippen molar-refractivity contribution in [3.05, 3.63) is 0 Å². The molecule has 0 spiro atoms.